The zero-order valence-electron chi connectivity index (χ0n) is 11.2. The lowest BCUT2D eigenvalue weighted by Crippen LogP contribution is -2.18. The Bertz CT molecular complexity index is 511. The number of ether oxygens (including phenoxy) is 1. The van der Waals surface area contributed by atoms with Crippen LogP contribution in [0.1, 0.15) is 23.8 Å². The lowest BCUT2D eigenvalue weighted by atomic mass is 10.00. The van der Waals surface area contributed by atoms with E-state index in [4.69, 9.17) is 9.15 Å². The first-order valence-electron chi connectivity index (χ1n) is 6.27. The number of furan rings is 1. The summed E-state index contributed by atoms with van der Waals surface area (Å²) in [4.78, 5) is 0. The quantitative estimate of drug-likeness (QED) is 0.868. The van der Waals surface area contributed by atoms with Crippen LogP contribution in [0.25, 0.3) is 0 Å². The van der Waals surface area contributed by atoms with Crippen LogP contribution in [0.5, 0.6) is 5.75 Å². The Kier molecular flexibility index (Phi) is 4.58. The fraction of sp³-hybridized carbons (Fsp3) is 0.333. The summed E-state index contributed by atoms with van der Waals surface area (Å²) in [6, 6.07) is 8.41. The molecule has 102 valence electrons. The number of halogens is 1. The van der Waals surface area contributed by atoms with Gasteiger partial charge in [-0.15, -0.1) is 0 Å². The highest BCUT2D eigenvalue weighted by Crippen LogP contribution is 2.28. The van der Waals surface area contributed by atoms with Crippen molar-refractivity contribution in [3.8, 4) is 5.75 Å². The van der Waals surface area contributed by atoms with Gasteiger partial charge in [-0.3, -0.25) is 0 Å². The normalized spacial score (nSPS) is 12.4. The number of hydrogen-bond acceptors (Lipinski definition) is 3. The zero-order valence-corrected chi connectivity index (χ0v) is 11.2. The molecule has 1 heterocycles. The van der Waals surface area contributed by atoms with Crippen LogP contribution in [0.15, 0.2) is 41.0 Å². The number of aryl methyl sites for hydroxylation is 1. The minimum Gasteiger partial charge on any atom is -0.496 e. The van der Waals surface area contributed by atoms with Gasteiger partial charge in [0, 0.05) is 18.0 Å². The molecular formula is C15H18FNO2. The van der Waals surface area contributed by atoms with Crippen LogP contribution in [-0.2, 0) is 6.42 Å². The molecule has 1 unspecified atom stereocenters. The first kappa shape index (κ1) is 13.6. The van der Waals surface area contributed by atoms with Crippen molar-refractivity contribution in [1.82, 2.24) is 5.32 Å². The van der Waals surface area contributed by atoms with Crippen molar-refractivity contribution < 1.29 is 13.5 Å². The molecule has 0 saturated heterocycles. The van der Waals surface area contributed by atoms with E-state index in [0.29, 0.717) is 5.75 Å². The molecule has 4 heteroatoms. The summed E-state index contributed by atoms with van der Waals surface area (Å²) in [5.41, 5.74) is 0.830. The van der Waals surface area contributed by atoms with Gasteiger partial charge < -0.3 is 14.5 Å². The van der Waals surface area contributed by atoms with Crippen LogP contribution >= 0.6 is 0 Å². The maximum atomic E-state index is 13.4. The second kappa shape index (κ2) is 6.38. The van der Waals surface area contributed by atoms with Crippen molar-refractivity contribution in [1.29, 1.82) is 0 Å². The largest absolute Gasteiger partial charge is 0.496 e. The van der Waals surface area contributed by atoms with E-state index in [1.807, 2.05) is 19.2 Å². The van der Waals surface area contributed by atoms with E-state index < -0.39 is 0 Å². The number of rotatable bonds is 6. The van der Waals surface area contributed by atoms with Gasteiger partial charge in [-0.1, -0.05) is 0 Å². The SMILES string of the molecule is CNC(CCc1ccco1)c1cc(F)ccc1OC. The molecule has 19 heavy (non-hydrogen) atoms. The molecular weight excluding hydrogens is 245 g/mol. The van der Waals surface area contributed by atoms with Gasteiger partial charge in [0.05, 0.1) is 13.4 Å². The van der Waals surface area contributed by atoms with Gasteiger partial charge in [-0.2, -0.15) is 0 Å². The second-order valence-corrected chi connectivity index (χ2v) is 4.35. The Labute approximate surface area is 112 Å². The summed E-state index contributed by atoms with van der Waals surface area (Å²) < 4.78 is 24.0. The Balaban J connectivity index is 2.14. The molecule has 0 aliphatic heterocycles. The molecule has 0 amide bonds. The lowest BCUT2D eigenvalue weighted by Gasteiger charge is -2.19. The number of hydrogen-bond donors (Lipinski definition) is 1. The highest BCUT2D eigenvalue weighted by atomic mass is 19.1. The van der Waals surface area contributed by atoms with Gasteiger partial charge in [0.15, 0.2) is 0 Å². The highest BCUT2D eigenvalue weighted by molar-refractivity contribution is 5.36. The maximum absolute atomic E-state index is 13.4. The molecule has 2 aromatic rings. The number of benzene rings is 1. The summed E-state index contributed by atoms with van der Waals surface area (Å²) >= 11 is 0. The summed E-state index contributed by atoms with van der Waals surface area (Å²) in [5.74, 6) is 1.37. The van der Waals surface area contributed by atoms with Gasteiger partial charge in [0.25, 0.3) is 0 Å². The molecule has 1 N–H and O–H groups in total. The molecule has 3 nitrogen and oxygen atoms in total. The van der Waals surface area contributed by atoms with E-state index in [9.17, 15) is 4.39 Å². The highest BCUT2D eigenvalue weighted by Gasteiger charge is 2.16. The molecule has 1 atom stereocenters. The molecule has 0 spiro atoms. The van der Waals surface area contributed by atoms with E-state index in [0.717, 1.165) is 24.2 Å². The minimum atomic E-state index is -0.256. The van der Waals surface area contributed by atoms with Gasteiger partial charge in [0.2, 0.25) is 0 Å². The summed E-state index contributed by atoms with van der Waals surface area (Å²) in [5, 5.41) is 3.19. The lowest BCUT2D eigenvalue weighted by molar-refractivity contribution is 0.394. The molecule has 2 rings (SSSR count). The molecule has 1 aromatic heterocycles. The topological polar surface area (TPSA) is 34.4 Å². The van der Waals surface area contributed by atoms with Crippen LogP contribution in [0.2, 0.25) is 0 Å². The molecule has 0 aliphatic carbocycles. The molecule has 0 bridgehead atoms. The van der Waals surface area contributed by atoms with Crippen molar-refractivity contribution in [3.05, 3.63) is 53.7 Å². The van der Waals surface area contributed by atoms with Crippen LogP contribution in [0.4, 0.5) is 4.39 Å². The van der Waals surface area contributed by atoms with Crippen molar-refractivity contribution in [2.75, 3.05) is 14.2 Å². The third kappa shape index (κ3) is 3.35. The number of methoxy groups -OCH3 is 1. The first-order chi connectivity index (χ1) is 9.24. The fourth-order valence-electron chi connectivity index (χ4n) is 2.17. The predicted molar refractivity (Wildman–Crippen MR) is 71.8 cm³/mol. The van der Waals surface area contributed by atoms with Crippen molar-refractivity contribution in [2.45, 2.75) is 18.9 Å². The standard InChI is InChI=1S/C15H18FNO2/c1-17-14(7-6-12-4-3-9-19-12)13-10-11(16)5-8-15(13)18-2/h3-5,8-10,14,17H,6-7H2,1-2H3. The van der Waals surface area contributed by atoms with Crippen LogP contribution < -0.4 is 10.1 Å². The maximum Gasteiger partial charge on any atom is 0.123 e. The molecule has 1 aromatic carbocycles. The zero-order chi connectivity index (χ0) is 13.7. The van der Waals surface area contributed by atoms with Gasteiger partial charge in [-0.05, 0) is 43.8 Å². The average molecular weight is 263 g/mol. The Morgan fingerprint density at radius 1 is 1.37 bits per heavy atom. The van der Waals surface area contributed by atoms with Crippen LogP contribution in [0, 0.1) is 5.82 Å². The Morgan fingerprint density at radius 2 is 2.21 bits per heavy atom. The third-order valence-corrected chi connectivity index (χ3v) is 3.18. The smallest absolute Gasteiger partial charge is 0.123 e. The van der Waals surface area contributed by atoms with Gasteiger partial charge in [-0.25, -0.2) is 4.39 Å². The van der Waals surface area contributed by atoms with Crippen molar-refractivity contribution in [2.24, 2.45) is 0 Å². The van der Waals surface area contributed by atoms with E-state index in [1.165, 1.54) is 12.1 Å². The number of nitrogens with one attached hydrogen (secondary N) is 1. The second-order valence-electron chi connectivity index (χ2n) is 4.35. The molecule has 0 fully saturated rings. The van der Waals surface area contributed by atoms with Gasteiger partial charge in [0.1, 0.15) is 17.3 Å². The molecule has 0 aliphatic rings. The summed E-state index contributed by atoms with van der Waals surface area (Å²) in [7, 11) is 3.45. The van der Waals surface area contributed by atoms with E-state index in [1.54, 1.807) is 19.4 Å². The van der Waals surface area contributed by atoms with Gasteiger partial charge >= 0.3 is 0 Å². The average Bonchev–Trinajstić information content (AvgIpc) is 2.93. The summed E-state index contributed by atoms with van der Waals surface area (Å²) in [6.07, 6.45) is 3.26. The summed E-state index contributed by atoms with van der Waals surface area (Å²) in [6.45, 7) is 0. The predicted octanol–water partition coefficient (Wildman–Crippen LogP) is 3.32. The van der Waals surface area contributed by atoms with Crippen LogP contribution in [0.3, 0.4) is 0 Å². The molecule has 0 saturated carbocycles. The Morgan fingerprint density at radius 3 is 2.84 bits per heavy atom. The monoisotopic (exact) mass is 263 g/mol. The van der Waals surface area contributed by atoms with E-state index in [-0.39, 0.29) is 11.9 Å². The van der Waals surface area contributed by atoms with E-state index >= 15 is 0 Å². The first-order valence-corrected chi connectivity index (χ1v) is 6.27. The Hall–Kier alpha value is -1.81. The van der Waals surface area contributed by atoms with E-state index in [2.05, 4.69) is 5.32 Å². The van der Waals surface area contributed by atoms with Crippen molar-refractivity contribution >= 4 is 0 Å². The molecule has 0 radical (unpaired) electrons. The third-order valence-electron chi connectivity index (χ3n) is 3.18. The van der Waals surface area contributed by atoms with Crippen LogP contribution in [-0.4, -0.2) is 14.2 Å². The fourth-order valence-corrected chi connectivity index (χ4v) is 2.17. The van der Waals surface area contributed by atoms with Crippen molar-refractivity contribution in [3.63, 3.8) is 0 Å². The minimum absolute atomic E-state index is 0.0238.